The highest BCUT2D eigenvalue weighted by Crippen LogP contribution is 2.38. The molecule has 0 fully saturated rings. The van der Waals surface area contributed by atoms with Crippen molar-refractivity contribution < 1.29 is 8.83 Å². The molecule has 0 radical (unpaired) electrons. The molecule has 4 heterocycles. The highest BCUT2D eigenvalue weighted by Gasteiger charge is 2.28. The molecule has 0 aliphatic carbocycles. The fourth-order valence-electron chi connectivity index (χ4n) is 6.04. The number of fused-ring (bicyclic) bond motifs is 6. The van der Waals surface area contributed by atoms with Crippen LogP contribution >= 0.6 is 11.6 Å². The molecule has 0 spiro atoms. The molecular weight excluding hydrogens is 568 g/mol. The van der Waals surface area contributed by atoms with Crippen LogP contribution in [0, 0.1) is 0 Å². The number of aliphatic imine (C=N–C) groups is 1. The Morgan fingerprint density at radius 1 is 0.545 bits per heavy atom. The quantitative estimate of drug-likeness (QED) is 0.204. The summed E-state index contributed by atoms with van der Waals surface area (Å²) < 4.78 is 12.3. The minimum atomic E-state index is 0.404. The van der Waals surface area contributed by atoms with Crippen molar-refractivity contribution >= 4 is 50.2 Å². The Kier molecular flexibility index (Phi) is 5.52. The lowest BCUT2D eigenvalue weighted by Crippen LogP contribution is -2.10. The molecule has 3 aromatic heterocycles. The van der Waals surface area contributed by atoms with E-state index in [9.17, 15) is 0 Å². The number of furan rings is 2. The second-order valence-electron chi connectivity index (χ2n) is 10.7. The molecule has 8 aromatic rings. The van der Waals surface area contributed by atoms with Crippen LogP contribution in [0.4, 0.5) is 0 Å². The van der Waals surface area contributed by atoms with Crippen LogP contribution in [0.2, 0.25) is 5.02 Å². The molecule has 5 aromatic carbocycles. The third kappa shape index (κ3) is 3.96. The van der Waals surface area contributed by atoms with Gasteiger partial charge in [0.25, 0.3) is 0 Å². The Bertz CT molecular complexity index is 2430. The van der Waals surface area contributed by atoms with Crippen molar-refractivity contribution in [3.05, 3.63) is 137 Å². The smallest absolute Gasteiger partial charge is 0.182 e. The molecule has 0 N–H and O–H groups in total. The molecule has 9 rings (SSSR count). The van der Waals surface area contributed by atoms with Gasteiger partial charge in [-0.25, -0.2) is 15.0 Å². The van der Waals surface area contributed by atoms with Gasteiger partial charge in [0, 0.05) is 38.4 Å². The van der Waals surface area contributed by atoms with Gasteiger partial charge in [-0.05, 0) is 35.4 Å². The van der Waals surface area contributed by atoms with Crippen LogP contribution in [0.3, 0.4) is 0 Å². The minimum absolute atomic E-state index is 0.404. The summed E-state index contributed by atoms with van der Waals surface area (Å²) in [5.74, 6) is 2.36. The molecule has 208 valence electrons. The predicted molar refractivity (Wildman–Crippen MR) is 174 cm³/mol. The van der Waals surface area contributed by atoms with Crippen molar-refractivity contribution in [3.63, 3.8) is 0 Å². The monoisotopic (exact) mass is 588 g/mol. The van der Waals surface area contributed by atoms with Gasteiger partial charge in [0.05, 0.1) is 12.1 Å². The number of para-hydroxylation sites is 1. The molecule has 7 heteroatoms. The maximum absolute atomic E-state index is 6.27. The van der Waals surface area contributed by atoms with E-state index in [-0.39, 0.29) is 0 Å². The molecule has 0 unspecified atom stereocenters. The van der Waals surface area contributed by atoms with Gasteiger partial charge in [-0.2, -0.15) is 0 Å². The van der Waals surface area contributed by atoms with Gasteiger partial charge >= 0.3 is 0 Å². The van der Waals surface area contributed by atoms with E-state index >= 15 is 0 Å². The summed E-state index contributed by atoms with van der Waals surface area (Å²) >= 11 is 6.27. The lowest BCUT2D eigenvalue weighted by molar-refractivity contribution is 0.557. The van der Waals surface area contributed by atoms with Crippen LogP contribution in [-0.2, 0) is 6.54 Å². The van der Waals surface area contributed by atoms with E-state index < -0.39 is 0 Å². The summed E-state index contributed by atoms with van der Waals surface area (Å²) in [6.45, 7) is 0.404. The third-order valence-corrected chi connectivity index (χ3v) is 8.32. The van der Waals surface area contributed by atoms with Gasteiger partial charge in [-0.15, -0.1) is 0 Å². The minimum Gasteiger partial charge on any atom is -0.458 e. The SMILES string of the molecule is Clc1ccc2c3c(oc2c1)CN=C3c1nc(-c2ccc(-c3ccccc3)cc2)nc(-c2cccc3oc4ccccc4c23)n1. The van der Waals surface area contributed by atoms with E-state index in [1.165, 1.54) is 0 Å². The lowest BCUT2D eigenvalue weighted by Gasteiger charge is -2.10. The number of benzene rings is 5. The highest BCUT2D eigenvalue weighted by molar-refractivity contribution is 6.31. The summed E-state index contributed by atoms with van der Waals surface area (Å²) in [5, 5.41) is 3.52. The molecule has 0 bridgehead atoms. The van der Waals surface area contributed by atoms with Crippen molar-refractivity contribution in [1.29, 1.82) is 0 Å². The number of halogens is 1. The van der Waals surface area contributed by atoms with Crippen molar-refractivity contribution in [2.24, 2.45) is 4.99 Å². The molecular formula is C37H21ClN4O2. The third-order valence-electron chi connectivity index (χ3n) is 8.08. The lowest BCUT2D eigenvalue weighted by atomic mass is 10.0. The van der Waals surface area contributed by atoms with Crippen LogP contribution in [0.25, 0.3) is 66.8 Å². The molecule has 0 saturated carbocycles. The zero-order valence-electron chi connectivity index (χ0n) is 23.2. The largest absolute Gasteiger partial charge is 0.458 e. The highest BCUT2D eigenvalue weighted by atomic mass is 35.5. The van der Waals surface area contributed by atoms with E-state index in [1.54, 1.807) is 0 Å². The Labute approximate surface area is 256 Å². The normalized spacial score (nSPS) is 12.7. The molecule has 6 nitrogen and oxygen atoms in total. The summed E-state index contributed by atoms with van der Waals surface area (Å²) in [6.07, 6.45) is 0. The zero-order valence-corrected chi connectivity index (χ0v) is 23.9. The molecule has 0 saturated heterocycles. The van der Waals surface area contributed by atoms with Crippen LogP contribution in [0.15, 0.2) is 129 Å². The first-order chi connectivity index (χ1) is 21.7. The maximum Gasteiger partial charge on any atom is 0.182 e. The zero-order chi connectivity index (χ0) is 29.2. The standard InChI is InChI=1S/C37H21ClN4O2/c38-24-17-18-26-30(19-24)44-31-20-39-34(33(26)31)37-41-35(23-15-13-22(14-16-23)21-7-2-1-3-8-21)40-36(42-37)27-10-6-12-29-32(27)25-9-4-5-11-28(25)43-29/h1-19H,20H2. The summed E-state index contributed by atoms with van der Waals surface area (Å²) in [4.78, 5) is 19.9. The Morgan fingerprint density at radius 3 is 2.16 bits per heavy atom. The van der Waals surface area contributed by atoms with Crippen molar-refractivity contribution in [2.75, 3.05) is 0 Å². The van der Waals surface area contributed by atoms with Crippen molar-refractivity contribution in [1.82, 2.24) is 15.0 Å². The number of nitrogens with zero attached hydrogens (tertiary/aromatic N) is 4. The van der Waals surface area contributed by atoms with Gasteiger partial charge in [0.2, 0.25) is 0 Å². The van der Waals surface area contributed by atoms with Crippen molar-refractivity contribution in [3.8, 4) is 33.9 Å². The van der Waals surface area contributed by atoms with Crippen LogP contribution < -0.4 is 0 Å². The molecule has 0 amide bonds. The second-order valence-corrected chi connectivity index (χ2v) is 11.2. The van der Waals surface area contributed by atoms with Gasteiger partial charge in [-0.3, -0.25) is 4.99 Å². The topological polar surface area (TPSA) is 77.3 Å². The number of hydrogen-bond donors (Lipinski definition) is 0. The first-order valence-electron chi connectivity index (χ1n) is 14.3. The summed E-state index contributed by atoms with van der Waals surface area (Å²) in [6, 6.07) is 38.2. The van der Waals surface area contributed by atoms with Gasteiger partial charge < -0.3 is 8.83 Å². The van der Waals surface area contributed by atoms with Crippen LogP contribution in [0.5, 0.6) is 0 Å². The molecule has 0 atom stereocenters. The van der Waals surface area contributed by atoms with Gasteiger partial charge in [0.1, 0.15) is 28.2 Å². The second kappa shape index (κ2) is 9.73. The first kappa shape index (κ1) is 25.0. The molecule has 44 heavy (non-hydrogen) atoms. The molecule has 1 aliphatic rings. The van der Waals surface area contributed by atoms with Crippen LogP contribution in [0.1, 0.15) is 17.1 Å². The fraction of sp³-hybridized carbons (Fsp3) is 0.0270. The number of aromatic nitrogens is 3. The van der Waals surface area contributed by atoms with E-state index in [0.717, 1.165) is 66.5 Å². The molecule has 1 aliphatic heterocycles. The number of rotatable bonds is 4. The van der Waals surface area contributed by atoms with E-state index in [0.29, 0.717) is 34.8 Å². The summed E-state index contributed by atoms with van der Waals surface area (Å²) in [5.41, 5.74) is 7.88. The van der Waals surface area contributed by atoms with Gasteiger partial charge in [0.15, 0.2) is 17.5 Å². The van der Waals surface area contributed by atoms with Crippen molar-refractivity contribution in [2.45, 2.75) is 6.54 Å². The average Bonchev–Trinajstić information content (AvgIpc) is 3.76. The predicted octanol–water partition coefficient (Wildman–Crippen LogP) is 9.52. The Balaban J connectivity index is 1.26. The van der Waals surface area contributed by atoms with Gasteiger partial charge in [-0.1, -0.05) is 96.5 Å². The maximum atomic E-state index is 6.27. The van der Waals surface area contributed by atoms with E-state index in [2.05, 4.69) is 42.5 Å². The number of hydrogen-bond acceptors (Lipinski definition) is 6. The van der Waals surface area contributed by atoms with E-state index in [4.69, 9.17) is 40.4 Å². The summed E-state index contributed by atoms with van der Waals surface area (Å²) in [7, 11) is 0. The fourth-order valence-corrected chi connectivity index (χ4v) is 6.20. The average molecular weight is 589 g/mol. The Morgan fingerprint density at radius 2 is 1.27 bits per heavy atom. The van der Waals surface area contributed by atoms with E-state index in [1.807, 2.05) is 72.8 Å². The Hall–Kier alpha value is -5.59. The first-order valence-corrected chi connectivity index (χ1v) is 14.7. The van der Waals surface area contributed by atoms with Crippen LogP contribution in [-0.4, -0.2) is 20.7 Å².